The summed E-state index contributed by atoms with van der Waals surface area (Å²) in [6, 6.07) is 32.6. The van der Waals surface area contributed by atoms with Crippen molar-refractivity contribution in [1.82, 2.24) is 0 Å². The van der Waals surface area contributed by atoms with E-state index >= 15 is 0 Å². The summed E-state index contributed by atoms with van der Waals surface area (Å²) in [4.78, 5) is 0. The average Bonchev–Trinajstić information content (AvgIpc) is 3.53. The zero-order valence-corrected chi connectivity index (χ0v) is 20.0. The molecule has 0 saturated carbocycles. The van der Waals surface area contributed by atoms with Crippen molar-refractivity contribution in [3.05, 3.63) is 119 Å². The molecule has 4 aromatic carbocycles. The molecule has 4 rings (SSSR count). The van der Waals surface area contributed by atoms with Crippen LogP contribution in [0.15, 0.2) is 97.1 Å². The molecular weight excluding hydrogens is 468 g/mol. The Kier molecular flexibility index (Phi) is 18.0. The Bertz CT molecular complexity index is 728. The van der Waals surface area contributed by atoms with Crippen LogP contribution < -0.4 is 11.5 Å². The van der Waals surface area contributed by atoms with Crippen LogP contribution in [0.4, 0.5) is 0 Å². The van der Waals surface area contributed by atoms with E-state index in [1.54, 1.807) is 0 Å². The van der Waals surface area contributed by atoms with Gasteiger partial charge in [0, 0.05) is 40.7 Å². The van der Waals surface area contributed by atoms with Crippen LogP contribution in [-0.4, -0.2) is 13.1 Å². The molecule has 0 heterocycles. The third-order valence-corrected chi connectivity index (χ3v) is 4.47. The molecule has 0 aliphatic carbocycles. The quantitative estimate of drug-likeness (QED) is 0.274. The maximum Gasteiger partial charge on any atom is 0.0455 e. The fraction of sp³-hybridized carbons (Fsp3) is 0.231. The second-order valence-electron chi connectivity index (χ2n) is 6.65. The number of ether oxygens (including phenoxy) is 1. The normalized spacial score (nSPS) is 9.35. The smallest absolute Gasteiger partial charge is 0.0455 e. The summed E-state index contributed by atoms with van der Waals surface area (Å²) in [5.41, 5.74) is 16.3. The Morgan fingerprint density at radius 1 is 0.774 bits per heavy atom. The Labute approximate surface area is 208 Å². The molecule has 0 atom stereocenters. The predicted octanol–water partition coefficient (Wildman–Crippen LogP) is 4.65. The van der Waals surface area contributed by atoms with Gasteiger partial charge in [-0.15, -0.1) is 12.2 Å². The van der Waals surface area contributed by atoms with E-state index in [4.69, 9.17) is 16.2 Å². The van der Waals surface area contributed by atoms with Gasteiger partial charge in [0.2, 0.25) is 0 Å². The topological polar surface area (TPSA) is 61.3 Å². The first-order valence-electron chi connectivity index (χ1n) is 10.1. The summed E-state index contributed by atoms with van der Waals surface area (Å²) < 4.78 is 5.81. The van der Waals surface area contributed by atoms with Gasteiger partial charge in [0.1, 0.15) is 0 Å². The summed E-state index contributed by atoms with van der Waals surface area (Å²) in [6.45, 7) is 2.66. The molecule has 0 aliphatic rings. The van der Waals surface area contributed by atoms with Gasteiger partial charge in [-0.25, -0.2) is 42.8 Å². The predicted molar refractivity (Wildman–Crippen MR) is 122 cm³/mol. The molecular formula is C26H32Fe2N2O-8. The first-order chi connectivity index (χ1) is 14.3. The fourth-order valence-corrected chi connectivity index (χ4v) is 2.98. The van der Waals surface area contributed by atoms with E-state index in [-0.39, 0.29) is 34.1 Å². The van der Waals surface area contributed by atoms with Crippen LogP contribution in [0.2, 0.25) is 0 Å². The van der Waals surface area contributed by atoms with Gasteiger partial charge in [-0.3, -0.25) is 0 Å². The maximum absolute atomic E-state index is 5.81. The molecule has 176 valence electrons. The van der Waals surface area contributed by atoms with Crippen molar-refractivity contribution in [3.8, 4) is 0 Å². The average molecular weight is 500 g/mol. The molecule has 0 saturated heterocycles. The van der Waals surface area contributed by atoms with Crippen LogP contribution in [0.5, 0.6) is 0 Å². The Morgan fingerprint density at radius 2 is 1.35 bits per heavy atom. The number of hydrogen-bond donors (Lipinski definition) is 2. The van der Waals surface area contributed by atoms with Crippen molar-refractivity contribution in [1.29, 1.82) is 0 Å². The summed E-state index contributed by atoms with van der Waals surface area (Å²) in [5, 5.41) is 0. The SMILES string of the molecule is NCC[c-]1cccc1COC[c-]1[cH-][cH-][cH-][c-]1CCN.[Fe].[Fe].c1cc[cH-]c1.c1cc[cH-]c1. The van der Waals surface area contributed by atoms with E-state index in [0.29, 0.717) is 26.3 Å². The van der Waals surface area contributed by atoms with Crippen LogP contribution in [-0.2, 0) is 64.9 Å². The van der Waals surface area contributed by atoms with Crippen molar-refractivity contribution < 1.29 is 38.9 Å². The van der Waals surface area contributed by atoms with Crippen LogP contribution in [0.3, 0.4) is 0 Å². The first kappa shape index (κ1) is 29.3. The number of rotatable bonds is 8. The van der Waals surface area contributed by atoms with Crippen molar-refractivity contribution >= 4 is 0 Å². The van der Waals surface area contributed by atoms with E-state index in [1.165, 1.54) is 22.3 Å². The molecule has 5 heteroatoms. The van der Waals surface area contributed by atoms with Crippen LogP contribution >= 0.6 is 0 Å². The third kappa shape index (κ3) is 12.1. The molecule has 4 N–H and O–H groups in total. The summed E-state index contributed by atoms with van der Waals surface area (Å²) >= 11 is 0. The van der Waals surface area contributed by atoms with Crippen LogP contribution in [0, 0.1) is 0 Å². The van der Waals surface area contributed by atoms with E-state index in [0.717, 1.165) is 12.8 Å². The summed E-state index contributed by atoms with van der Waals surface area (Å²) in [6.07, 6.45) is 1.83. The van der Waals surface area contributed by atoms with Gasteiger partial charge in [0.05, 0.1) is 0 Å². The largest absolute Gasteiger partial charge is 0.747 e. The van der Waals surface area contributed by atoms with Gasteiger partial charge >= 0.3 is 0 Å². The van der Waals surface area contributed by atoms with Crippen molar-refractivity contribution in [2.75, 3.05) is 13.1 Å². The molecule has 0 unspecified atom stereocenters. The summed E-state index contributed by atoms with van der Waals surface area (Å²) in [5.74, 6) is 0. The second-order valence-corrected chi connectivity index (χ2v) is 6.65. The second kappa shape index (κ2) is 19.0. The molecule has 4 aromatic rings. The van der Waals surface area contributed by atoms with Crippen molar-refractivity contribution in [2.45, 2.75) is 26.1 Å². The number of nitrogens with two attached hydrogens (primary N) is 2. The van der Waals surface area contributed by atoms with Crippen molar-refractivity contribution in [2.24, 2.45) is 11.5 Å². The van der Waals surface area contributed by atoms with Crippen LogP contribution in [0.25, 0.3) is 0 Å². The maximum atomic E-state index is 5.81. The molecule has 31 heavy (non-hydrogen) atoms. The van der Waals surface area contributed by atoms with Gasteiger partial charge in [0.15, 0.2) is 0 Å². The fourth-order valence-electron chi connectivity index (χ4n) is 2.98. The molecule has 0 aliphatic heterocycles. The molecule has 0 spiro atoms. The van der Waals surface area contributed by atoms with E-state index < -0.39 is 0 Å². The monoisotopic (exact) mass is 500 g/mol. The van der Waals surface area contributed by atoms with Gasteiger partial charge < -0.3 is 45.5 Å². The van der Waals surface area contributed by atoms with Gasteiger partial charge in [-0.1, -0.05) is 6.42 Å². The molecule has 3 nitrogen and oxygen atoms in total. The summed E-state index contributed by atoms with van der Waals surface area (Å²) in [7, 11) is 0. The van der Waals surface area contributed by atoms with Crippen LogP contribution in [0.1, 0.15) is 22.3 Å². The molecule has 0 radical (unpaired) electrons. The minimum atomic E-state index is 0. The standard InChI is InChI=1S/C16H22N2O.2C5H5.2Fe/c17-9-7-13-3-1-5-15(13)11-19-12-16-6-2-4-14(16)8-10-18;2*1-2-4-5-3-1;;/h1-6H,7-12,17-18H2;2*1-5H;;/q-6;2*-1;;. The van der Waals surface area contributed by atoms with Gasteiger partial charge in [-0.2, -0.15) is 48.0 Å². The zero-order valence-electron chi connectivity index (χ0n) is 17.8. The van der Waals surface area contributed by atoms with E-state index in [2.05, 4.69) is 36.4 Å². The Hall–Kier alpha value is -1.68. The third-order valence-electron chi connectivity index (χ3n) is 4.47. The zero-order chi connectivity index (χ0) is 20.6. The molecule has 0 aromatic heterocycles. The van der Waals surface area contributed by atoms with E-state index in [9.17, 15) is 0 Å². The molecule has 0 amide bonds. The Morgan fingerprint density at radius 3 is 1.87 bits per heavy atom. The van der Waals surface area contributed by atoms with Gasteiger partial charge in [0.25, 0.3) is 0 Å². The van der Waals surface area contributed by atoms with E-state index in [1.807, 2.05) is 60.7 Å². The minimum absolute atomic E-state index is 0. The molecule has 0 bridgehead atoms. The van der Waals surface area contributed by atoms with Crippen molar-refractivity contribution in [3.63, 3.8) is 0 Å². The number of hydrogen-bond acceptors (Lipinski definition) is 3. The van der Waals surface area contributed by atoms with Gasteiger partial charge in [-0.05, 0) is 13.1 Å². The minimum Gasteiger partial charge on any atom is -0.747 e. The first-order valence-corrected chi connectivity index (χ1v) is 10.1. The Balaban J connectivity index is 0.000000615. The molecule has 0 fully saturated rings.